The summed E-state index contributed by atoms with van der Waals surface area (Å²) in [6, 6.07) is 12.0. The average molecular weight is 213 g/mol. The standard InChI is InChI=1S/C6H6.C2H6.2ClH.H4Si/c1-2-4-6-5-3-1;1-2;;;/h1-6H;1-2H3;2*1H;1H4. The lowest BCUT2D eigenvalue weighted by molar-refractivity contribution is 1.50. The van der Waals surface area contributed by atoms with Gasteiger partial charge in [-0.25, -0.2) is 0 Å². The Bertz CT molecular complexity index is 84.0. The first-order valence-corrected chi connectivity index (χ1v) is 3.00. The summed E-state index contributed by atoms with van der Waals surface area (Å²) in [7, 11) is 0. The molecule has 68 valence electrons. The van der Waals surface area contributed by atoms with Crippen molar-refractivity contribution >= 4 is 35.8 Å². The maximum Gasteiger partial charge on any atom is -0.0149 e. The van der Waals surface area contributed by atoms with E-state index in [0.717, 1.165) is 0 Å². The molecule has 0 radical (unpaired) electrons. The van der Waals surface area contributed by atoms with E-state index >= 15 is 0 Å². The lowest BCUT2D eigenvalue weighted by Crippen LogP contribution is -1.47. The van der Waals surface area contributed by atoms with Gasteiger partial charge in [-0.3, -0.25) is 0 Å². The van der Waals surface area contributed by atoms with Crippen molar-refractivity contribution in [2.75, 3.05) is 0 Å². The van der Waals surface area contributed by atoms with Crippen LogP contribution in [-0.4, -0.2) is 11.0 Å². The van der Waals surface area contributed by atoms with Crippen molar-refractivity contribution in [1.82, 2.24) is 0 Å². The summed E-state index contributed by atoms with van der Waals surface area (Å²) in [5.74, 6) is 0. The Morgan fingerprint density at radius 3 is 0.727 bits per heavy atom. The molecule has 0 aliphatic heterocycles. The molecule has 0 spiro atoms. The van der Waals surface area contributed by atoms with Crippen molar-refractivity contribution in [2.24, 2.45) is 0 Å². The summed E-state index contributed by atoms with van der Waals surface area (Å²) in [6.07, 6.45) is 0. The molecule has 0 saturated carbocycles. The number of hydrogen-bond donors (Lipinski definition) is 0. The highest BCUT2D eigenvalue weighted by Gasteiger charge is 1.57. The molecule has 0 aromatic heterocycles. The molecule has 0 N–H and O–H groups in total. The highest BCUT2D eigenvalue weighted by Crippen LogP contribution is 1.79. The van der Waals surface area contributed by atoms with Crippen LogP contribution in [0.2, 0.25) is 0 Å². The Hall–Kier alpha value is 0.0169. The third-order valence-corrected chi connectivity index (χ3v) is 0.667. The Kier molecular flexibility index (Phi) is 45.9. The molecule has 0 unspecified atom stereocenters. The zero-order chi connectivity index (χ0) is 6.24. The molecule has 0 fully saturated rings. The van der Waals surface area contributed by atoms with Gasteiger partial charge in [-0.15, -0.1) is 24.8 Å². The molecule has 0 bridgehead atoms. The van der Waals surface area contributed by atoms with Crippen LogP contribution in [0, 0.1) is 0 Å². The molecule has 0 heterocycles. The summed E-state index contributed by atoms with van der Waals surface area (Å²) in [6.45, 7) is 4.00. The molecule has 3 heteroatoms. The van der Waals surface area contributed by atoms with Gasteiger partial charge in [-0.05, 0) is 11.0 Å². The zero-order valence-electron chi connectivity index (χ0n) is 6.28. The fraction of sp³-hybridized carbons (Fsp3) is 0.250. The first kappa shape index (κ1) is 22.5. The molecule has 0 saturated heterocycles. The number of benzene rings is 1. The number of hydrogen-bond acceptors (Lipinski definition) is 0. The average Bonchev–Trinajstić information content (AvgIpc) is 1.96. The van der Waals surface area contributed by atoms with Crippen LogP contribution in [0.3, 0.4) is 0 Å². The summed E-state index contributed by atoms with van der Waals surface area (Å²) >= 11 is 0. The second-order valence-corrected chi connectivity index (χ2v) is 1.15. The van der Waals surface area contributed by atoms with E-state index in [4.69, 9.17) is 0 Å². The summed E-state index contributed by atoms with van der Waals surface area (Å²) in [5.41, 5.74) is 0. The fourth-order valence-electron chi connectivity index (χ4n) is 0.385. The maximum atomic E-state index is 2.00. The van der Waals surface area contributed by atoms with Gasteiger partial charge in [0.25, 0.3) is 0 Å². The molecule has 11 heavy (non-hydrogen) atoms. The Morgan fingerprint density at radius 1 is 0.545 bits per heavy atom. The van der Waals surface area contributed by atoms with E-state index in [9.17, 15) is 0 Å². The lowest BCUT2D eigenvalue weighted by Gasteiger charge is -1.69. The van der Waals surface area contributed by atoms with Crippen LogP contribution in [0.25, 0.3) is 0 Å². The first-order chi connectivity index (χ1) is 4.00. The van der Waals surface area contributed by atoms with E-state index in [1.165, 1.54) is 0 Å². The highest BCUT2D eigenvalue weighted by atomic mass is 35.5. The number of rotatable bonds is 0. The van der Waals surface area contributed by atoms with Gasteiger partial charge in [0.2, 0.25) is 0 Å². The minimum Gasteiger partial charge on any atom is -0.147 e. The Labute approximate surface area is 86.2 Å². The normalized spacial score (nSPS) is 4.91. The summed E-state index contributed by atoms with van der Waals surface area (Å²) < 4.78 is 0. The number of halogens is 2. The smallest absolute Gasteiger partial charge is 0.0149 e. The predicted octanol–water partition coefficient (Wildman–Crippen LogP) is 2.10. The first-order valence-electron chi connectivity index (χ1n) is 3.00. The van der Waals surface area contributed by atoms with E-state index in [1.54, 1.807) is 0 Å². The van der Waals surface area contributed by atoms with Gasteiger partial charge in [0.15, 0.2) is 0 Å². The van der Waals surface area contributed by atoms with E-state index in [-0.39, 0.29) is 35.8 Å². The second kappa shape index (κ2) is 22.5. The Balaban J connectivity index is -0.0000000459. The van der Waals surface area contributed by atoms with Gasteiger partial charge in [-0.2, -0.15) is 0 Å². The van der Waals surface area contributed by atoms with Gasteiger partial charge in [0.1, 0.15) is 0 Å². The minimum absolute atomic E-state index is 0. The molecular weight excluding hydrogens is 195 g/mol. The summed E-state index contributed by atoms with van der Waals surface area (Å²) in [5, 5.41) is 0. The van der Waals surface area contributed by atoms with Crippen LogP contribution in [-0.2, 0) is 0 Å². The molecular formula is C8H18Cl2Si. The van der Waals surface area contributed by atoms with Gasteiger partial charge >= 0.3 is 0 Å². The minimum atomic E-state index is 0. The van der Waals surface area contributed by atoms with Crippen molar-refractivity contribution in [3.8, 4) is 0 Å². The maximum absolute atomic E-state index is 2.00. The molecule has 1 aromatic rings. The molecule has 0 nitrogen and oxygen atoms in total. The van der Waals surface area contributed by atoms with Crippen molar-refractivity contribution in [3.63, 3.8) is 0 Å². The van der Waals surface area contributed by atoms with Gasteiger partial charge in [0.05, 0.1) is 0 Å². The third kappa shape index (κ3) is 17.8. The lowest BCUT2D eigenvalue weighted by atomic mass is 10.4. The van der Waals surface area contributed by atoms with Gasteiger partial charge < -0.3 is 0 Å². The van der Waals surface area contributed by atoms with Crippen LogP contribution in [0.15, 0.2) is 36.4 Å². The second-order valence-electron chi connectivity index (χ2n) is 1.15. The van der Waals surface area contributed by atoms with Crippen molar-refractivity contribution in [2.45, 2.75) is 13.8 Å². The topological polar surface area (TPSA) is 0 Å². The van der Waals surface area contributed by atoms with Crippen LogP contribution < -0.4 is 0 Å². The van der Waals surface area contributed by atoms with E-state index in [2.05, 4.69) is 0 Å². The van der Waals surface area contributed by atoms with E-state index in [1.807, 2.05) is 50.2 Å². The third-order valence-electron chi connectivity index (χ3n) is 0.667. The van der Waals surface area contributed by atoms with Crippen LogP contribution >= 0.6 is 24.8 Å². The fourth-order valence-corrected chi connectivity index (χ4v) is 0.385. The summed E-state index contributed by atoms with van der Waals surface area (Å²) in [4.78, 5) is 0. The molecule has 0 atom stereocenters. The predicted molar refractivity (Wildman–Crippen MR) is 63.6 cm³/mol. The van der Waals surface area contributed by atoms with E-state index in [0.29, 0.717) is 0 Å². The zero-order valence-corrected chi connectivity index (χ0v) is 7.91. The highest BCUT2D eigenvalue weighted by molar-refractivity contribution is 5.85. The quantitative estimate of drug-likeness (QED) is 0.579. The van der Waals surface area contributed by atoms with Gasteiger partial charge in [-0.1, -0.05) is 50.2 Å². The van der Waals surface area contributed by atoms with E-state index < -0.39 is 0 Å². The van der Waals surface area contributed by atoms with Crippen LogP contribution in [0.4, 0.5) is 0 Å². The van der Waals surface area contributed by atoms with Crippen LogP contribution in [0.5, 0.6) is 0 Å². The molecule has 0 aliphatic rings. The molecule has 0 aliphatic carbocycles. The van der Waals surface area contributed by atoms with Crippen molar-refractivity contribution in [1.29, 1.82) is 0 Å². The van der Waals surface area contributed by atoms with Gasteiger partial charge in [0, 0.05) is 0 Å². The molecule has 1 aromatic carbocycles. The van der Waals surface area contributed by atoms with Crippen molar-refractivity contribution < 1.29 is 0 Å². The van der Waals surface area contributed by atoms with Crippen molar-refractivity contribution in [3.05, 3.63) is 36.4 Å². The SMILES string of the molecule is CC.Cl.Cl.[SiH4].c1ccccc1. The largest absolute Gasteiger partial charge is 0.147 e. The Morgan fingerprint density at radius 2 is 0.636 bits per heavy atom. The van der Waals surface area contributed by atoms with Crippen LogP contribution in [0.1, 0.15) is 13.8 Å². The molecule has 1 rings (SSSR count). The monoisotopic (exact) mass is 212 g/mol. The molecule has 0 amide bonds.